The Bertz CT molecular complexity index is 1220. The molecule has 0 aliphatic carbocycles. The molecule has 0 bridgehead atoms. The van der Waals surface area contributed by atoms with Crippen LogP contribution in [-0.2, 0) is 13.1 Å². The molecule has 0 amide bonds. The molecule has 27 heavy (non-hydrogen) atoms. The van der Waals surface area contributed by atoms with E-state index >= 15 is 0 Å². The summed E-state index contributed by atoms with van der Waals surface area (Å²) in [4.78, 5) is 30.1. The van der Waals surface area contributed by atoms with E-state index in [-0.39, 0.29) is 17.8 Å². The van der Waals surface area contributed by atoms with E-state index in [0.29, 0.717) is 17.7 Å². The zero-order valence-corrected chi connectivity index (χ0v) is 14.7. The van der Waals surface area contributed by atoms with Crippen LogP contribution in [0.25, 0.3) is 16.9 Å². The van der Waals surface area contributed by atoms with Crippen LogP contribution in [0.3, 0.4) is 0 Å². The number of rotatable bonds is 4. The highest BCUT2D eigenvalue weighted by molar-refractivity contribution is 5.72. The Labute approximate surface area is 153 Å². The molecule has 0 aliphatic heterocycles. The van der Waals surface area contributed by atoms with E-state index < -0.39 is 11.5 Å². The van der Waals surface area contributed by atoms with Gasteiger partial charge in [0, 0.05) is 13.1 Å². The lowest BCUT2D eigenvalue weighted by molar-refractivity contribution is 0.626. The van der Waals surface area contributed by atoms with Crippen LogP contribution in [0.4, 0.5) is 4.39 Å². The summed E-state index contributed by atoms with van der Waals surface area (Å²) in [6.45, 7) is 2.42. The Balaban J connectivity index is 2.00. The first-order valence-electron chi connectivity index (χ1n) is 8.60. The molecular weight excluding hydrogens is 347 g/mol. The number of aromatic nitrogens is 4. The zero-order valence-electron chi connectivity index (χ0n) is 14.7. The van der Waals surface area contributed by atoms with Crippen molar-refractivity contribution in [3.8, 4) is 5.69 Å². The summed E-state index contributed by atoms with van der Waals surface area (Å²) >= 11 is 0. The van der Waals surface area contributed by atoms with Crippen LogP contribution in [0.5, 0.6) is 0 Å². The Morgan fingerprint density at radius 1 is 1.00 bits per heavy atom. The fourth-order valence-corrected chi connectivity index (χ4v) is 3.18. The van der Waals surface area contributed by atoms with E-state index in [0.717, 1.165) is 10.1 Å². The fourth-order valence-electron chi connectivity index (χ4n) is 3.18. The van der Waals surface area contributed by atoms with Crippen LogP contribution in [0.15, 0.2) is 70.5 Å². The second kappa shape index (κ2) is 6.68. The molecule has 2 heterocycles. The van der Waals surface area contributed by atoms with Gasteiger partial charge in [-0.05, 0) is 36.8 Å². The van der Waals surface area contributed by atoms with Gasteiger partial charge in [0.25, 0.3) is 5.56 Å². The Kier molecular flexibility index (Phi) is 4.19. The molecule has 2 aromatic carbocycles. The van der Waals surface area contributed by atoms with Gasteiger partial charge in [-0.15, -0.1) is 0 Å². The molecule has 4 rings (SSSR count). The highest BCUT2D eigenvalue weighted by atomic mass is 19.1. The van der Waals surface area contributed by atoms with E-state index in [1.807, 2.05) is 30.3 Å². The first-order valence-corrected chi connectivity index (χ1v) is 8.60. The molecule has 136 valence electrons. The summed E-state index contributed by atoms with van der Waals surface area (Å²) in [5.41, 5.74) is 1.19. The normalized spacial score (nSPS) is 11.2. The largest absolute Gasteiger partial charge is 0.337 e. The number of hydrogen-bond acceptors (Lipinski definition) is 3. The van der Waals surface area contributed by atoms with E-state index in [1.165, 1.54) is 28.8 Å². The van der Waals surface area contributed by atoms with Gasteiger partial charge in [0.15, 0.2) is 11.2 Å². The molecule has 4 aromatic rings. The van der Waals surface area contributed by atoms with Crippen LogP contribution >= 0.6 is 0 Å². The van der Waals surface area contributed by atoms with Crippen molar-refractivity contribution >= 4 is 11.2 Å². The van der Waals surface area contributed by atoms with E-state index in [1.54, 1.807) is 17.8 Å². The summed E-state index contributed by atoms with van der Waals surface area (Å²) < 4.78 is 17.6. The SMILES string of the molecule is CCn1c(=O)c2c(ncn2Cc2ccccc2)n(-c2ccc(F)cc2)c1=O. The smallest absolute Gasteiger partial charge is 0.320 e. The summed E-state index contributed by atoms with van der Waals surface area (Å²) in [5.74, 6) is -0.401. The topological polar surface area (TPSA) is 61.8 Å². The molecule has 0 unspecified atom stereocenters. The Hall–Kier alpha value is -3.48. The molecule has 0 spiro atoms. The highest BCUT2D eigenvalue weighted by Crippen LogP contribution is 2.15. The molecule has 0 radical (unpaired) electrons. The van der Waals surface area contributed by atoms with Crippen molar-refractivity contribution in [3.63, 3.8) is 0 Å². The van der Waals surface area contributed by atoms with Gasteiger partial charge >= 0.3 is 5.69 Å². The van der Waals surface area contributed by atoms with Crippen molar-refractivity contribution in [1.29, 1.82) is 0 Å². The maximum absolute atomic E-state index is 13.3. The lowest BCUT2D eigenvalue weighted by Crippen LogP contribution is -2.39. The van der Waals surface area contributed by atoms with Gasteiger partial charge in [-0.2, -0.15) is 0 Å². The van der Waals surface area contributed by atoms with Gasteiger partial charge < -0.3 is 4.57 Å². The predicted molar refractivity (Wildman–Crippen MR) is 101 cm³/mol. The molecule has 6 nitrogen and oxygen atoms in total. The van der Waals surface area contributed by atoms with Gasteiger partial charge in [0.05, 0.1) is 12.0 Å². The maximum atomic E-state index is 13.3. The minimum Gasteiger partial charge on any atom is -0.320 e. The van der Waals surface area contributed by atoms with Crippen LogP contribution in [0.2, 0.25) is 0 Å². The van der Waals surface area contributed by atoms with Crippen molar-refractivity contribution in [1.82, 2.24) is 18.7 Å². The molecule has 0 N–H and O–H groups in total. The molecular formula is C20H17FN4O2. The van der Waals surface area contributed by atoms with Gasteiger partial charge in [-0.1, -0.05) is 30.3 Å². The van der Waals surface area contributed by atoms with Crippen LogP contribution in [-0.4, -0.2) is 18.7 Å². The minimum absolute atomic E-state index is 0.227. The maximum Gasteiger partial charge on any atom is 0.337 e. The number of imidazole rings is 1. The highest BCUT2D eigenvalue weighted by Gasteiger charge is 2.18. The third-order valence-electron chi connectivity index (χ3n) is 4.50. The van der Waals surface area contributed by atoms with Gasteiger partial charge in [0.1, 0.15) is 5.82 Å². The number of nitrogens with zero attached hydrogens (tertiary/aromatic N) is 4. The van der Waals surface area contributed by atoms with E-state index in [9.17, 15) is 14.0 Å². The number of fused-ring (bicyclic) bond motifs is 1. The Morgan fingerprint density at radius 3 is 2.37 bits per heavy atom. The number of hydrogen-bond donors (Lipinski definition) is 0. The average molecular weight is 364 g/mol. The first-order chi connectivity index (χ1) is 13.1. The monoisotopic (exact) mass is 364 g/mol. The van der Waals surface area contributed by atoms with Crippen molar-refractivity contribution in [2.24, 2.45) is 0 Å². The van der Waals surface area contributed by atoms with Crippen molar-refractivity contribution in [2.45, 2.75) is 20.0 Å². The van der Waals surface area contributed by atoms with E-state index in [2.05, 4.69) is 4.98 Å². The molecule has 2 aromatic heterocycles. The lowest BCUT2D eigenvalue weighted by atomic mass is 10.2. The third-order valence-corrected chi connectivity index (χ3v) is 4.50. The van der Waals surface area contributed by atoms with Crippen LogP contribution < -0.4 is 11.2 Å². The molecule has 0 fully saturated rings. The predicted octanol–water partition coefficient (Wildman–Crippen LogP) is 2.56. The average Bonchev–Trinajstić information content (AvgIpc) is 3.08. The molecule has 7 heteroatoms. The summed E-state index contributed by atoms with van der Waals surface area (Å²) in [5, 5.41) is 0. The Morgan fingerprint density at radius 2 is 1.70 bits per heavy atom. The molecule has 0 aliphatic rings. The zero-order chi connectivity index (χ0) is 19.0. The van der Waals surface area contributed by atoms with Crippen molar-refractivity contribution < 1.29 is 4.39 Å². The van der Waals surface area contributed by atoms with Crippen LogP contribution in [0.1, 0.15) is 12.5 Å². The molecule has 0 saturated carbocycles. The van der Waals surface area contributed by atoms with Crippen LogP contribution in [0, 0.1) is 5.82 Å². The number of benzene rings is 2. The number of halogens is 1. The van der Waals surface area contributed by atoms with Crippen molar-refractivity contribution in [3.05, 3.63) is 93.1 Å². The molecule has 0 saturated heterocycles. The lowest BCUT2D eigenvalue weighted by Gasteiger charge is -2.11. The van der Waals surface area contributed by atoms with Gasteiger partial charge in [-0.3, -0.25) is 9.36 Å². The fraction of sp³-hybridized carbons (Fsp3) is 0.150. The summed E-state index contributed by atoms with van der Waals surface area (Å²) in [6.07, 6.45) is 1.55. The quantitative estimate of drug-likeness (QED) is 0.559. The van der Waals surface area contributed by atoms with Gasteiger partial charge in [0.2, 0.25) is 0 Å². The second-order valence-corrected chi connectivity index (χ2v) is 6.17. The van der Waals surface area contributed by atoms with E-state index in [4.69, 9.17) is 0 Å². The van der Waals surface area contributed by atoms with Crippen molar-refractivity contribution in [2.75, 3.05) is 0 Å². The second-order valence-electron chi connectivity index (χ2n) is 6.17. The summed E-state index contributed by atoms with van der Waals surface area (Å²) in [7, 11) is 0. The first kappa shape index (κ1) is 17.0. The standard InChI is InChI=1S/C20H17FN4O2/c1-2-24-19(26)17-18(22-13-23(17)12-14-6-4-3-5-7-14)25(20(24)27)16-10-8-15(21)9-11-16/h3-11,13H,2,12H2,1H3. The van der Waals surface area contributed by atoms with Gasteiger partial charge in [-0.25, -0.2) is 18.7 Å². The third kappa shape index (κ3) is 2.87. The summed E-state index contributed by atoms with van der Waals surface area (Å²) in [6, 6.07) is 15.2. The minimum atomic E-state index is -0.494. The molecule has 0 atom stereocenters.